The number of H-pyrrole nitrogens is 1. The number of esters is 1. The summed E-state index contributed by atoms with van der Waals surface area (Å²) in [6.45, 7) is 0. The first-order chi connectivity index (χ1) is 12.2. The number of fused-ring (bicyclic) bond motifs is 1. The van der Waals surface area contributed by atoms with E-state index in [-0.39, 0.29) is 0 Å². The summed E-state index contributed by atoms with van der Waals surface area (Å²) >= 11 is 1.58. The number of nitrogens with zero attached hydrogens (tertiary/aromatic N) is 1. The van der Waals surface area contributed by atoms with Crippen molar-refractivity contribution in [3.05, 3.63) is 65.9 Å². The van der Waals surface area contributed by atoms with Crippen LogP contribution in [0, 0.1) is 0 Å². The predicted octanol–water partition coefficient (Wildman–Crippen LogP) is 4.02. The molecule has 25 heavy (non-hydrogen) atoms. The number of hydrogen-bond donors (Lipinski definition) is 1. The van der Waals surface area contributed by atoms with Gasteiger partial charge in [0.2, 0.25) is 0 Å². The van der Waals surface area contributed by atoms with Crippen molar-refractivity contribution in [2.45, 2.75) is 10.9 Å². The van der Waals surface area contributed by atoms with Gasteiger partial charge >= 0.3 is 5.97 Å². The number of aromatic amines is 1. The summed E-state index contributed by atoms with van der Waals surface area (Å²) < 4.78 is 9.92. The molecule has 0 spiro atoms. The van der Waals surface area contributed by atoms with E-state index in [1.807, 2.05) is 48.5 Å². The summed E-state index contributed by atoms with van der Waals surface area (Å²) in [4.78, 5) is 19.9. The minimum Gasteiger partial charge on any atom is -0.503 e. The zero-order valence-corrected chi connectivity index (χ0v) is 14.8. The highest BCUT2D eigenvalue weighted by Gasteiger charge is 2.17. The van der Waals surface area contributed by atoms with Gasteiger partial charge in [0.1, 0.15) is 5.57 Å². The zero-order valence-electron chi connectivity index (χ0n) is 14.0. The summed E-state index contributed by atoms with van der Waals surface area (Å²) in [5, 5.41) is 0.839. The lowest BCUT2D eigenvalue weighted by molar-refractivity contribution is -0.133. The summed E-state index contributed by atoms with van der Waals surface area (Å²) in [6.07, 6.45) is 1.41. The molecule has 0 aliphatic carbocycles. The van der Waals surface area contributed by atoms with Gasteiger partial charge in [-0.25, -0.2) is 9.78 Å². The first kappa shape index (κ1) is 17.1. The fourth-order valence-corrected chi connectivity index (χ4v) is 3.39. The van der Waals surface area contributed by atoms with Crippen molar-refractivity contribution in [3.8, 4) is 0 Å². The third kappa shape index (κ3) is 3.85. The van der Waals surface area contributed by atoms with E-state index in [1.54, 1.807) is 11.8 Å². The van der Waals surface area contributed by atoms with E-state index in [4.69, 9.17) is 9.47 Å². The molecular weight excluding hydrogens is 336 g/mol. The van der Waals surface area contributed by atoms with Crippen LogP contribution < -0.4 is 0 Å². The first-order valence-corrected chi connectivity index (χ1v) is 8.68. The number of carbonyl (C=O) groups excluding carboxylic acids is 1. The number of benzene rings is 2. The number of aromatic nitrogens is 2. The molecule has 1 heterocycles. The van der Waals surface area contributed by atoms with Crippen molar-refractivity contribution >= 4 is 34.3 Å². The second-order valence-electron chi connectivity index (χ2n) is 5.26. The number of thioether (sulfide) groups is 1. The number of hydrogen-bond acceptors (Lipinski definition) is 5. The van der Waals surface area contributed by atoms with Crippen LogP contribution in [0.4, 0.5) is 0 Å². The zero-order chi connectivity index (χ0) is 17.6. The number of imidazole rings is 1. The van der Waals surface area contributed by atoms with Crippen molar-refractivity contribution in [1.29, 1.82) is 0 Å². The summed E-state index contributed by atoms with van der Waals surface area (Å²) in [6, 6.07) is 15.6. The lowest BCUT2D eigenvalue weighted by Gasteiger charge is -2.10. The Bertz CT molecular complexity index is 885. The number of ether oxygens (including phenoxy) is 2. The van der Waals surface area contributed by atoms with Gasteiger partial charge in [-0.2, -0.15) is 0 Å². The number of para-hydroxylation sites is 2. The van der Waals surface area contributed by atoms with E-state index in [0.717, 1.165) is 27.3 Å². The molecule has 128 valence electrons. The molecule has 0 atom stereocenters. The van der Waals surface area contributed by atoms with Crippen molar-refractivity contribution in [1.82, 2.24) is 9.97 Å². The van der Waals surface area contributed by atoms with Gasteiger partial charge in [0.05, 0.1) is 31.5 Å². The van der Waals surface area contributed by atoms with Gasteiger partial charge in [0.15, 0.2) is 5.16 Å². The third-order valence-corrected chi connectivity index (χ3v) is 4.60. The van der Waals surface area contributed by atoms with E-state index in [2.05, 4.69) is 9.97 Å². The van der Waals surface area contributed by atoms with Gasteiger partial charge in [-0.1, -0.05) is 48.2 Å². The molecule has 3 rings (SSSR count). The molecule has 0 unspecified atom stereocenters. The molecule has 6 heteroatoms. The van der Waals surface area contributed by atoms with Gasteiger partial charge in [-0.05, 0) is 23.3 Å². The molecule has 0 saturated carbocycles. The third-order valence-electron chi connectivity index (χ3n) is 3.68. The fraction of sp³-hybridized carbons (Fsp3) is 0.158. The van der Waals surface area contributed by atoms with E-state index in [0.29, 0.717) is 11.3 Å². The number of nitrogens with one attached hydrogen (secondary N) is 1. The van der Waals surface area contributed by atoms with Gasteiger partial charge in [0.25, 0.3) is 0 Å². The highest BCUT2D eigenvalue weighted by molar-refractivity contribution is 7.98. The topological polar surface area (TPSA) is 64.2 Å². The molecule has 0 radical (unpaired) electrons. The minimum absolute atomic E-state index is 0.394. The Balaban J connectivity index is 1.85. The molecule has 5 nitrogen and oxygen atoms in total. The average molecular weight is 354 g/mol. The molecule has 0 saturated heterocycles. The second-order valence-corrected chi connectivity index (χ2v) is 6.23. The normalized spacial score (nSPS) is 11.5. The van der Waals surface area contributed by atoms with Crippen LogP contribution >= 0.6 is 11.8 Å². The minimum atomic E-state index is -0.428. The Kier molecular flexibility index (Phi) is 5.40. The molecule has 0 fully saturated rings. The number of carbonyl (C=O) groups is 1. The van der Waals surface area contributed by atoms with Crippen LogP contribution in [0.25, 0.3) is 16.6 Å². The summed E-state index contributed by atoms with van der Waals surface area (Å²) in [5.74, 6) is 0.233. The Hall–Kier alpha value is -2.73. The monoisotopic (exact) mass is 354 g/mol. The van der Waals surface area contributed by atoms with E-state index in [9.17, 15) is 4.79 Å². The SMILES string of the molecule is CO/C=C(/C(=O)OC)c1ccccc1CSc1nc2ccccc2[nH]1. The van der Waals surface area contributed by atoms with E-state index >= 15 is 0 Å². The van der Waals surface area contributed by atoms with Crippen molar-refractivity contribution in [3.63, 3.8) is 0 Å². The van der Waals surface area contributed by atoms with Crippen LogP contribution in [0.15, 0.2) is 59.9 Å². The van der Waals surface area contributed by atoms with E-state index in [1.165, 1.54) is 20.5 Å². The molecule has 0 amide bonds. The Labute approximate surface area is 150 Å². The molecule has 0 aliphatic heterocycles. The van der Waals surface area contributed by atoms with Crippen molar-refractivity contribution in [2.24, 2.45) is 0 Å². The second kappa shape index (κ2) is 7.90. The van der Waals surface area contributed by atoms with Crippen molar-refractivity contribution in [2.75, 3.05) is 14.2 Å². The summed E-state index contributed by atoms with van der Waals surface area (Å²) in [5.41, 5.74) is 4.13. The van der Waals surface area contributed by atoms with E-state index < -0.39 is 5.97 Å². The Morgan fingerprint density at radius 2 is 1.92 bits per heavy atom. The smallest absolute Gasteiger partial charge is 0.341 e. The molecule has 3 aromatic rings. The lowest BCUT2D eigenvalue weighted by atomic mass is 10.0. The molecule has 1 N–H and O–H groups in total. The fourth-order valence-electron chi connectivity index (χ4n) is 2.50. The molecule has 0 bridgehead atoms. The average Bonchev–Trinajstić information content (AvgIpc) is 3.07. The van der Waals surface area contributed by atoms with Crippen LogP contribution in [-0.2, 0) is 20.0 Å². The Morgan fingerprint density at radius 1 is 1.16 bits per heavy atom. The molecule has 1 aromatic heterocycles. The van der Waals surface area contributed by atoms with Gasteiger partial charge < -0.3 is 14.5 Å². The van der Waals surface area contributed by atoms with Gasteiger partial charge in [-0.3, -0.25) is 0 Å². The lowest BCUT2D eigenvalue weighted by Crippen LogP contribution is -2.06. The standard InChI is InChI=1S/C19H18N2O3S/c1-23-11-15(18(22)24-2)14-8-4-3-7-13(14)12-25-19-20-16-9-5-6-10-17(16)21-19/h3-11H,12H2,1-2H3,(H,20,21)/b15-11+. The number of rotatable bonds is 6. The molecule has 2 aromatic carbocycles. The van der Waals surface area contributed by atoms with Crippen LogP contribution in [0.5, 0.6) is 0 Å². The predicted molar refractivity (Wildman–Crippen MR) is 99.1 cm³/mol. The maximum absolute atomic E-state index is 12.1. The number of methoxy groups -OCH3 is 2. The quantitative estimate of drug-likeness (QED) is 0.313. The van der Waals surface area contributed by atoms with Gasteiger partial charge in [0, 0.05) is 5.75 Å². The van der Waals surface area contributed by atoms with Crippen LogP contribution in [-0.4, -0.2) is 30.2 Å². The Morgan fingerprint density at radius 3 is 2.68 bits per heavy atom. The largest absolute Gasteiger partial charge is 0.503 e. The van der Waals surface area contributed by atoms with Crippen molar-refractivity contribution < 1.29 is 14.3 Å². The summed E-state index contributed by atoms with van der Waals surface area (Å²) in [7, 11) is 2.87. The molecule has 0 aliphatic rings. The highest BCUT2D eigenvalue weighted by atomic mass is 32.2. The maximum atomic E-state index is 12.1. The van der Waals surface area contributed by atoms with Crippen LogP contribution in [0.3, 0.4) is 0 Å². The maximum Gasteiger partial charge on any atom is 0.341 e. The first-order valence-electron chi connectivity index (χ1n) is 7.70. The van der Waals surface area contributed by atoms with Crippen LogP contribution in [0.1, 0.15) is 11.1 Å². The van der Waals surface area contributed by atoms with Crippen LogP contribution in [0.2, 0.25) is 0 Å². The highest BCUT2D eigenvalue weighted by Crippen LogP contribution is 2.28. The van der Waals surface area contributed by atoms with Gasteiger partial charge in [-0.15, -0.1) is 0 Å². The molecular formula is C19H18N2O3S.